The maximum Gasteiger partial charge on any atom is 0.126 e. The number of aliphatic hydroxyl groups is 1. The molecule has 1 aliphatic heterocycles. The van der Waals surface area contributed by atoms with Crippen LogP contribution in [0.5, 0.6) is 0 Å². The van der Waals surface area contributed by atoms with Crippen LogP contribution in [0.1, 0.15) is 35.4 Å². The van der Waals surface area contributed by atoms with Crippen molar-refractivity contribution < 1.29 is 9.50 Å². The van der Waals surface area contributed by atoms with E-state index in [0.29, 0.717) is 12.0 Å². The first kappa shape index (κ1) is 20.8. The monoisotopic (exact) mass is 407 g/mol. The third-order valence-corrected chi connectivity index (χ3v) is 6.17. The van der Waals surface area contributed by atoms with Gasteiger partial charge in [-0.3, -0.25) is 4.90 Å². The van der Waals surface area contributed by atoms with E-state index in [1.54, 1.807) is 6.07 Å². The molecule has 0 radical (unpaired) electrons. The molecule has 30 heavy (non-hydrogen) atoms. The van der Waals surface area contributed by atoms with Crippen molar-refractivity contribution >= 4 is 0 Å². The summed E-state index contributed by atoms with van der Waals surface area (Å²) in [5, 5.41) is 14.8. The largest absolute Gasteiger partial charge is 0.396 e. The maximum atomic E-state index is 14.2. The third kappa shape index (κ3) is 4.47. The number of hydrogen-bond acceptors (Lipinski definition) is 3. The van der Waals surface area contributed by atoms with Crippen LogP contribution in [0.2, 0.25) is 0 Å². The molecule has 1 fully saturated rings. The van der Waals surface area contributed by atoms with E-state index in [-0.39, 0.29) is 17.8 Å². The van der Waals surface area contributed by atoms with Crippen LogP contribution in [-0.2, 0) is 13.0 Å². The second-order valence-electron chi connectivity index (χ2n) is 8.75. The molecule has 3 aromatic rings. The number of likely N-dealkylation sites (tertiary alicyclic amines) is 1. The van der Waals surface area contributed by atoms with Crippen LogP contribution >= 0.6 is 0 Å². The van der Waals surface area contributed by atoms with Gasteiger partial charge in [-0.15, -0.1) is 0 Å². The summed E-state index contributed by atoms with van der Waals surface area (Å²) in [4.78, 5) is 2.39. The van der Waals surface area contributed by atoms with Crippen molar-refractivity contribution in [3.05, 3.63) is 82.9 Å². The number of aromatic nitrogens is 2. The Hall–Kier alpha value is -2.50. The van der Waals surface area contributed by atoms with Gasteiger partial charge in [0.1, 0.15) is 5.82 Å². The highest BCUT2D eigenvalue weighted by molar-refractivity contribution is 5.37. The number of halogens is 1. The molecule has 1 N–H and O–H groups in total. The van der Waals surface area contributed by atoms with Crippen molar-refractivity contribution in [2.45, 2.75) is 39.7 Å². The van der Waals surface area contributed by atoms with Gasteiger partial charge < -0.3 is 5.11 Å². The van der Waals surface area contributed by atoms with Crippen molar-refractivity contribution in [2.24, 2.45) is 5.41 Å². The van der Waals surface area contributed by atoms with E-state index >= 15 is 0 Å². The van der Waals surface area contributed by atoms with Crippen molar-refractivity contribution in [3.63, 3.8) is 0 Å². The fourth-order valence-electron chi connectivity index (χ4n) is 4.76. The minimum Gasteiger partial charge on any atom is -0.396 e. The number of rotatable bonds is 6. The quantitative estimate of drug-likeness (QED) is 0.657. The van der Waals surface area contributed by atoms with E-state index in [4.69, 9.17) is 0 Å². The third-order valence-electron chi connectivity index (χ3n) is 6.17. The molecule has 1 atom stereocenters. The molecule has 0 aliphatic carbocycles. The van der Waals surface area contributed by atoms with Gasteiger partial charge in [0.25, 0.3) is 0 Å². The molecule has 158 valence electrons. The normalized spacial score (nSPS) is 19.9. The van der Waals surface area contributed by atoms with E-state index < -0.39 is 0 Å². The lowest BCUT2D eigenvalue weighted by molar-refractivity contribution is 0.0283. The van der Waals surface area contributed by atoms with Gasteiger partial charge in [-0.25, -0.2) is 9.07 Å². The summed E-state index contributed by atoms with van der Waals surface area (Å²) >= 11 is 0. The van der Waals surface area contributed by atoms with Crippen molar-refractivity contribution in [2.75, 3.05) is 19.7 Å². The molecule has 0 bridgehead atoms. The molecule has 4 rings (SSSR count). The van der Waals surface area contributed by atoms with Gasteiger partial charge >= 0.3 is 0 Å². The second-order valence-corrected chi connectivity index (χ2v) is 8.75. The van der Waals surface area contributed by atoms with E-state index in [1.807, 2.05) is 23.7 Å². The topological polar surface area (TPSA) is 41.3 Å². The first-order chi connectivity index (χ1) is 14.5. The molecule has 1 unspecified atom stereocenters. The zero-order chi connectivity index (χ0) is 21.1. The maximum absolute atomic E-state index is 14.2. The van der Waals surface area contributed by atoms with Crippen molar-refractivity contribution in [3.8, 4) is 5.69 Å². The average molecular weight is 408 g/mol. The van der Waals surface area contributed by atoms with Crippen LogP contribution in [0.4, 0.5) is 4.39 Å². The van der Waals surface area contributed by atoms with Gasteiger partial charge in [0.2, 0.25) is 0 Å². The Bertz CT molecular complexity index is 1020. The summed E-state index contributed by atoms with van der Waals surface area (Å²) in [6.45, 7) is 6.71. The minimum atomic E-state index is -0.298. The van der Waals surface area contributed by atoms with Gasteiger partial charge in [-0.1, -0.05) is 30.3 Å². The fraction of sp³-hybridized carbons (Fsp3) is 0.400. The first-order valence-electron chi connectivity index (χ1n) is 10.7. The molecule has 0 amide bonds. The molecule has 2 aromatic carbocycles. The smallest absolute Gasteiger partial charge is 0.126 e. The number of piperidine rings is 1. The van der Waals surface area contributed by atoms with Crippen LogP contribution < -0.4 is 0 Å². The highest BCUT2D eigenvalue weighted by Crippen LogP contribution is 2.34. The molecule has 2 heterocycles. The zero-order valence-corrected chi connectivity index (χ0v) is 17.8. The zero-order valence-electron chi connectivity index (χ0n) is 17.8. The van der Waals surface area contributed by atoms with Crippen molar-refractivity contribution in [1.82, 2.24) is 14.7 Å². The molecule has 0 saturated carbocycles. The molecular weight excluding hydrogens is 377 g/mol. The Labute approximate surface area is 178 Å². The minimum absolute atomic E-state index is 0.0730. The average Bonchev–Trinajstić information content (AvgIpc) is 3.08. The molecule has 1 aromatic heterocycles. The number of aryl methyl sites for hydroxylation is 2. The lowest BCUT2D eigenvalue weighted by Crippen LogP contribution is -2.46. The molecule has 4 nitrogen and oxygen atoms in total. The number of benzene rings is 2. The summed E-state index contributed by atoms with van der Waals surface area (Å²) < 4.78 is 16.2. The first-order valence-corrected chi connectivity index (χ1v) is 10.7. The highest BCUT2D eigenvalue weighted by Gasteiger charge is 2.35. The van der Waals surface area contributed by atoms with Crippen LogP contribution in [-0.4, -0.2) is 39.5 Å². The summed E-state index contributed by atoms with van der Waals surface area (Å²) in [5.74, 6) is -0.181. The van der Waals surface area contributed by atoms with Gasteiger partial charge in [-0.05, 0) is 75.0 Å². The Morgan fingerprint density at radius 3 is 2.67 bits per heavy atom. The summed E-state index contributed by atoms with van der Waals surface area (Å²) in [5.41, 5.74) is 4.81. The SMILES string of the molecule is Cc1cc(C)n(-c2cccc(CN3CCCC(CO)(Cc4ccccc4F)C3)c2)n1. The highest BCUT2D eigenvalue weighted by atomic mass is 19.1. The lowest BCUT2D eigenvalue weighted by Gasteiger charge is -2.42. The number of aliphatic hydroxyl groups excluding tert-OH is 1. The molecule has 0 spiro atoms. The van der Waals surface area contributed by atoms with Gasteiger partial charge in [0.05, 0.1) is 18.0 Å². The Balaban J connectivity index is 1.50. The lowest BCUT2D eigenvalue weighted by atomic mass is 9.75. The Morgan fingerprint density at radius 2 is 1.93 bits per heavy atom. The predicted octanol–water partition coefficient (Wildman–Crippen LogP) is 4.45. The Morgan fingerprint density at radius 1 is 1.10 bits per heavy atom. The fourth-order valence-corrected chi connectivity index (χ4v) is 4.76. The standard InChI is InChI=1S/C25H30FN3O/c1-19-13-20(2)29(27-19)23-9-5-7-21(14-23)16-28-12-6-11-25(17-28,18-30)15-22-8-3-4-10-24(22)26/h3-5,7-10,13-14,30H,6,11-12,15-18H2,1-2H3. The molecule has 1 aliphatic rings. The van der Waals surface area contributed by atoms with Gasteiger partial charge in [0, 0.05) is 24.2 Å². The van der Waals surface area contributed by atoms with E-state index in [9.17, 15) is 9.50 Å². The van der Waals surface area contributed by atoms with Gasteiger partial charge in [-0.2, -0.15) is 5.10 Å². The number of nitrogens with zero attached hydrogens (tertiary/aromatic N) is 3. The summed E-state index contributed by atoms with van der Waals surface area (Å²) in [7, 11) is 0. The Kier molecular flexibility index (Phi) is 6.02. The van der Waals surface area contributed by atoms with Crippen LogP contribution in [0, 0.1) is 25.1 Å². The predicted molar refractivity (Wildman–Crippen MR) is 117 cm³/mol. The van der Waals surface area contributed by atoms with Crippen molar-refractivity contribution in [1.29, 1.82) is 0 Å². The van der Waals surface area contributed by atoms with Crippen LogP contribution in [0.15, 0.2) is 54.6 Å². The molecular formula is C25H30FN3O. The number of hydrogen-bond donors (Lipinski definition) is 1. The molecule has 1 saturated heterocycles. The summed E-state index contributed by atoms with van der Waals surface area (Å²) in [6.07, 6.45) is 2.49. The van der Waals surface area contributed by atoms with Gasteiger partial charge in [0.15, 0.2) is 0 Å². The van der Waals surface area contributed by atoms with E-state index in [1.165, 1.54) is 11.6 Å². The van der Waals surface area contributed by atoms with Crippen LogP contribution in [0.25, 0.3) is 5.69 Å². The van der Waals surface area contributed by atoms with Crippen LogP contribution in [0.3, 0.4) is 0 Å². The second kappa shape index (κ2) is 8.70. The summed E-state index contributed by atoms with van der Waals surface area (Å²) in [6, 6.07) is 17.5. The van der Waals surface area contributed by atoms with E-state index in [0.717, 1.165) is 49.6 Å². The molecule has 5 heteroatoms. The van der Waals surface area contributed by atoms with E-state index in [2.05, 4.69) is 47.3 Å².